The van der Waals surface area contributed by atoms with Gasteiger partial charge in [-0.3, -0.25) is 4.79 Å². The van der Waals surface area contributed by atoms with Crippen molar-refractivity contribution in [3.8, 4) is 11.5 Å². The molecule has 0 atom stereocenters. The molecule has 0 fully saturated rings. The summed E-state index contributed by atoms with van der Waals surface area (Å²) in [7, 11) is 1.53. The Bertz CT molecular complexity index is 635. The van der Waals surface area contributed by atoms with Gasteiger partial charge in [-0.05, 0) is 44.7 Å². The van der Waals surface area contributed by atoms with Gasteiger partial charge in [0, 0.05) is 17.5 Å². The third kappa shape index (κ3) is 4.55. The van der Waals surface area contributed by atoms with Gasteiger partial charge in [0.25, 0.3) is 0 Å². The molecule has 0 bridgehead atoms. The number of carbonyl (C=O) groups is 1. The number of nitrogens with zero attached hydrogens (tertiary/aromatic N) is 1. The molecule has 23 heavy (non-hydrogen) atoms. The van der Waals surface area contributed by atoms with E-state index in [1.54, 1.807) is 0 Å². The van der Waals surface area contributed by atoms with E-state index in [1.165, 1.54) is 7.11 Å². The van der Waals surface area contributed by atoms with Gasteiger partial charge < -0.3 is 14.9 Å². The molecule has 0 amide bonds. The molecule has 0 aliphatic carbocycles. The van der Waals surface area contributed by atoms with Crippen LogP contribution in [-0.4, -0.2) is 23.3 Å². The van der Waals surface area contributed by atoms with E-state index in [1.807, 2.05) is 26.8 Å². The van der Waals surface area contributed by atoms with Crippen LogP contribution in [0.15, 0.2) is 16.8 Å². The molecule has 2 N–H and O–H groups in total. The molecule has 0 aliphatic heterocycles. The first kappa shape index (κ1) is 18.7. The highest BCUT2D eigenvalue weighted by Gasteiger charge is 2.19. The number of hydrogen-bond acceptors (Lipinski definition) is 5. The Balaban J connectivity index is 3.21. The van der Waals surface area contributed by atoms with Crippen LogP contribution >= 0.6 is 0 Å². The van der Waals surface area contributed by atoms with Crippen molar-refractivity contribution in [3.63, 3.8) is 0 Å². The van der Waals surface area contributed by atoms with Crippen molar-refractivity contribution in [2.75, 3.05) is 7.11 Å². The number of benzene rings is 1. The number of phenolic OH excluding ortho intramolecular Hbond substituents is 1. The molecule has 0 saturated carbocycles. The summed E-state index contributed by atoms with van der Waals surface area (Å²) in [6, 6.07) is 0. The van der Waals surface area contributed by atoms with E-state index in [2.05, 4.69) is 5.18 Å². The maximum absolute atomic E-state index is 10.6. The summed E-state index contributed by atoms with van der Waals surface area (Å²) in [5.41, 5.74) is 3.65. The number of ether oxygens (including phenoxy) is 1. The lowest BCUT2D eigenvalue weighted by atomic mass is 9.94. The number of phenols is 1. The summed E-state index contributed by atoms with van der Waals surface area (Å²) >= 11 is 0. The Kier molecular flexibility index (Phi) is 6.75. The van der Waals surface area contributed by atoms with Gasteiger partial charge in [0.2, 0.25) is 0 Å². The lowest BCUT2D eigenvalue weighted by molar-refractivity contribution is -0.136. The number of carboxylic acid groups (broad SMARTS) is 1. The van der Waals surface area contributed by atoms with Gasteiger partial charge in [-0.2, -0.15) is 4.91 Å². The Morgan fingerprint density at radius 1 is 1.22 bits per heavy atom. The quantitative estimate of drug-likeness (QED) is 0.563. The van der Waals surface area contributed by atoms with Gasteiger partial charge in [-0.15, -0.1) is 0 Å². The van der Waals surface area contributed by atoms with Crippen molar-refractivity contribution in [1.82, 2.24) is 0 Å². The van der Waals surface area contributed by atoms with Crippen molar-refractivity contribution < 1.29 is 19.7 Å². The number of methoxy groups -OCH3 is 1. The van der Waals surface area contributed by atoms with E-state index in [0.29, 0.717) is 29.7 Å². The molecule has 1 aromatic rings. The molecule has 126 valence electrons. The molecule has 0 spiro atoms. The maximum Gasteiger partial charge on any atom is 0.303 e. The van der Waals surface area contributed by atoms with Crippen LogP contribution in [0.1, 0.15) is 42.0 Å². The van der Waals surface area contributed by atoms with Crippen LogP contribution in [0.2, 0.25) is 0 Å². The summed E-state index contributed by atoms with van der Waals surface area (Å²) in [6.07, 6.45) is 2.78. The topological polar surface area (TPSA) is 96.2 Å². The largest absolute Gasteiger partial charge is 0.507 e. The number of rotatable bonds is 8. The van der Waals surface area contributed by atoms with E-state index < -0.39 is 5.97 Å². The van der Waals surface area contributed by atoms with Gasteiger partial charge in [-0.25, -0.2) is 0 Å². The molecular weight excluding hydrogens is 298 g/mol. The predicted molar refractivity (Wildman–Crippen MR) is 88.0 cm³/mol. The SMILES string of the molecule is COc1c(C)c(C)c(CN=O)c(O)c1C/C=C(\C)CCC(=O)O. The minimum absolute atomic E-state index is 0.0202. The van der Waals surface area contributed by atoms with Crippen LogP contribution in [0.25, 0.3) is 0 Å². The third-order valence-electron chi connectivity index (χ3n) is 4.02. The van der Waals surface area contributed by atoms with Crippen LogP contribution in [-0.2, 0) is 17.8 Å². The molecule has 6 heteroatoms. The molecule has 0 saturated heterocycles. The second-order valence-corrected chi connectivity index (χ2v) is 5.52. The van der Waals surface area contributed by atoms with Gasteiger partial charge >= 0.3 is 5.97 Å². The highest BCUT2D eigenvalue weighted by Crippen LogP contribution is 2.39. The monoisotopic (exact) mass is 321 g/mol. The lowest BCUT2D eigenvalue weighted by Gasteiger charge is -2.18. The summed E-state index contributed by atoms with van der Waals surface area (Å²) < 4.78 is 5.41. The average molecular weight is 321 g/mol. The van der Waals surface area contributed by atoms with Crippen molar-refractivity contribution in [1.29, 1.82) is 0 Å². The van der Waals surface area contributed by atoms with Crippen LogP contribution in [0.4, 0.5) is 0 Å². The molecule has 0 unspecified atom stereocenters. The summed E-state index contributed by atoms with van der Waals surface area (Å²) in [4.78, 5) is 21.2. The first-order valence-electron chi connectivity index (χ1n) is 7.37. The van der Waals surface area contributed by atoms with Crippen LogP contribution in [0, 0.1) is 18.8 Å². The molecule has 0 heterocycles. The summed E-state index contributed by atoms with van der Waals surface area (Å²) in [5, 5.41) is 22.1. The molecule has 1 aromatic carbocycles. The second kappa shape index (κ2) is 8.31. The fourth-order valence-electron chi connectivity index (χ4n) is 2.50. The number of aliphatic carboxylic acids is 1. The van der Waals surface area contributed by atoms with Gasteiger partial charge in [-0.1, -0.05) is 16.8 Å². The Hall–Kier alpha value is -2.37. The third-order valence-corrected chi connectivity index (χ3v) is 4.02. The summed E-state index contributed by atoms with van der Waals surface area (Å²) in [6.45, 7) is 5.43. The average Bonchev–Trinajstić information content (AvgIpc) is 2.51. The zero-order valence-corrected chi connectivity index (χ0v) is 14.0. The number of allylic oxidation sites excluding steroid dienone is 2. The fraction of sp³-hybridized carbons (Fsp3) is 0.471. The van der Waals surface area contributed by atoms with E-state index in [0.717, 1.165) is 16.7 Å². The molecule has 1 rings (SSSR count). The minimum atomic E-state index is -0.844. The smallest absolute Gasteiger partial charge is 0.303 e. The first-order chi connectivity index (χ1) is 10.8. The minimum Gasteiger partial charge on any atom is -0.507 e. The maximum atomic E-state index is 10.6. The van der Waals surface area contributed by atoms with E-state index >= 15 is 0 Å². The Morgan fingerprint density at radius 3 is 2.39 bits per heavy atom. The van der Waals surface area contributed by atoms with Gasteiger partial charge in [0.15, 0.2) is 0 Å². The van der Waals surface area contributed by atoms with Crippen LogP contribution < -0.4 is 4.74 Å². The zero-order valence-electron chi connectivity index (χ0n) is 14.0. The second-order valence-electron chi connectivity index (χ2n) is 5.52. The number of aromatic hydroxyl groups is 1. The predicted octanol–water partition coefficient (Wildman–Crippen LogP) is 3.64. The van der Waals surface area contributed by atoms with Crippen LogP contribution in [0.3, 0.4) is 0 Å². The van der Waals surface area contributed by atoms with Crippen molar-refractivity contribution in [3.05, 3.63) is 38.8 Å². The van der Waals surface area contributed by atoms with Gasteiger partial charge in [0.1, 0.15) is 18.0 Å². The Morgan fingerprint density at radius 2 is 1.87 bits per heavy atom. The zero-order chi connectivity index (χ0) is 17.6. The number of carboxylic acids is 1. The molecule has 0 aromatic heterocycles. The normalized spacial score (nSPS) is 11.4. The fourth-order valence-corrected chi connectivity index (χ4v) is 2.50. The van der Waals surface area contributed by atoms with Crippen molar-refractivity contribution in [2.24, 2.45) is 5.18 Å². The Labute approximate surface area is 135 Å². The first-order valence-corrected chi connectivity index (χ1v) is 7.37. The number of nitroso groups, excluding NO2 is 1. The van der Waals surface area contributed by atoms with E-state index in [9.17, 15) is 14.8 Å². The lowest BCUT2D eigenvalue weighted by Crippen LogP contribution is -2.02. The number of hydrogen-bond donors (Lipinski definition) is 2. The summed E-state index contributed by atoms with van der Waals surface area (Å²) in [5.74, 6) is -0.243. The van der Waals surface area contributed by atoms with Crippen molar-refractivity contribution >= 4 is 5.97 Å². The van der Waals surface area contributed by atoms with E-state index in [4.69, 9.17) is 9.84 Å². The molecular formula is C17H23NO5. The van der Waals surface area contributed by atoms with Gasteiger partial charge in [0.05, 0.1) is 7.11 Å². The molecule has 0 aliphatic rings. The highest BCUT2D eigenvalue weighted by atomic mass is 16.5. The van der Waals surface area contributed by atoms with E-state index in [-0.39, 0.29) is 18.7 Å². The van der Waals surface area contributed by atoms with Crippen LogP contribution in [0.5, 0.6) is 11.5 Å². The molecule has 0 radical (unpaired) electrons. The molecule has 6 nitrogen and oxygen atoms in total. The standard InChI is InChI=1S/C17H23NO5/c1-10(6-8-15(19)20)5-7-13-16(21)14(9-18-22)11(2)12(3)17(13)23-4/h5,21H,6-9H2,1-4H3,(H,19,20)/b10-5+. The van der Waals surface area contributed by atoms with Crippen molar-refractivity contribution in [2.45, 2.75) is 46.6 Å². The highest BCUT2D eigenvalue weighted by molar-refractivity contribution is 5.67.